The van der Waals surface area contributed by atoms with Crippen LogP contribution in [-0.4, -0.2) is 21.3 Å². The van der Waals surface area contributed by atoms with Crippen molar-refractivity contribution in [3.05, 3.63) is 42.1 Å². The summed E-state index contributed by atoms with van der Waals surface area (Å²) in [6.45, 7) is 11.5. The van der Waals surface area contributed by atoms with Crippen LogP contribution in [0.25, 0.3) is 22.3 Å². The van der Waals surface area contributed by atoms with Gasteiger partial charge in [-0.15, -0.1) is 9.24 Å². The van der Waals surface area contributed by atoms with Crippen molar-refractivity contribution in [2.75, 3.05) is 5.73 Å². The molecular formula is C28H38N3OP. The average molecular weight is 464 g/mol. The van der Waals surface area contributed by atoms with Crippen LogP contribution in [0.3, 0.4) is 0 Å². The predicted molar refractivity (Wildman–Crippen MR) is 145 cm³/mol. The molecule has 0 spiro atoms. The minimum Gasteiger partial charge on any atom is -0.491 e. The first kappa shape index (κ1) is 25.1. The van der Waals surface area contributed by atoms with Crippen molar-refractivity contribution < 1.29 is 4.74 Å². The third kappa shape index (κ3) is 6.99. The summed E-state index contributed by atoms with van der Waals surface area (Å²) in [7, 11) is 2.66. The van der Waals surface area contributed by atoms with E-state index in [-0.39, 0.29) is 6.10 Å². The van der Waals surface area contributed by atoms with E-state index in [0.29, 0.717) is 5.69 Å². The van der Waals surface area contributed by atoms with Gasteiger partial charge in [-0.1, -0.05) is 32.6 Å². The van der Waals surface area contributed by atoms with Gasteiger partial charge in [0, 0.05) is 24.4 Å². The summed E-state index contributed by atoms with van der Waals surface area (Å²) in [5.41, 5.74) is 11.6. The van der Waals surface area contributed by atoms with Gasteiger partial charge in [-0.25, -0.2) is 0 Å². The first-order valence-electron chi connectivity index (χ1n) is 12.1. The number of rotatable bonds is 6. The van der Waals surface area contributed by atoms with Crippen LogP contribution in [0.4, 0.5) is 5.69 Å². The van der Waals surface area contributed by atoms with Crippen LogP contribution in [-0.2, 0) is 6.54 Å². The van der Waals surface area contributed by atoms with Gasteiger partial charge in [0.1, 0.15) is 5.75 Å². The van der Waals surface area contributed by atoms with Crippen molar-refractivity contribution in [3.8, 4) is 29.0 Å². The highest BCUT2D eigenvalue weighted by atomic mass is 31.0. The number of anilines is 1. The molecule has 0 saturated heterocycles. The van der Waals surface area contributed by atoms with Gasteiger partial charge in [0.2, 0.25) is 0 Å². The number of pyridine rings is 1. The SMILES string of the molecule is CC(C)P.CCCC#Cc1c(-c2ccc(N)cn2)n(CC2CC2)c2cc(OC(C)C)ccc12. The van der Waals surface area contributed by atoms with Crippen LogP contribution in [0.2, 0.25) is 0 Å². The normalized spacial score (nSPS) is 13.0. The monoisotopic (exact) mass is 463 g/mol. The number of fused-ring (bicyclic) bond motifs is 1. The molecule has 0 aliphatic heterocycles. The fourth-order valence-corrected chi connectivity index (χ4v) is 3.64. The largest absolute Gasteiger partial charge is 0.491 e. The molecule has 0 bridgehead atoms. The Balaban J connectivity index is 0.000000709. The average Bonchev–Trinajstić information content (AvgIpc) is 3.52. The van der Waals surface area contributed by atoms with E-state index in [0.717, 1.165) is 53.7 Å². The zero-order chi connectivity index (χ0) is 24.0. The van der Waals surface area contributed by atoms with Gasteiger partial charge in [0.05, 0.1) is 40.5 Å². The summed E-state index contributed by atoms with van der Waals surface area (Å²) in [5, 5.41) is 1.17. The molecule has 4 rings (SSSR count). The number of unbranched alkanes of at least 4 members (excludes halogenated alkanes) is 1. The molecule has 1 aliphatic rings. The van der Waals surface area contributed by atoms with Crippen LogP contribution < -0.4 is 10.5 Å². The van der Waals surface area contributed by atoms with E-state index in [9.17, 15) is 0 Å². The van der Waals surface area contributed by atoms with Crippen molar-refractivity contribution in [1.29, 1.82) is 0 Å². The summed E-state index contributed by atoms with van der Waals surface area (Å²) in [4.78, 5) is 4.65. The van der Waals surface area contributed by atoms with E-state index in [1.165, 1.54) is 23.7 Å². The molecule has 0 radical (unpaired) electrons. The predicted octanol–water partition coefficient (Wildman–Crippen LogP) is 6.90. The number of ether oxygens (including phenoxy) is 1. The quantitative estimate of drug-likeness (QED) is 0.319. The van der Waals surface area contributed by atoms with Crippen LogP contribution in [0.1, 0.15) is 65.9 Å². The lowest BCUT2D eigenvalue weighted by Gasteiger charge is -2.12. The Morgan fingerprint density at radius 2 is 1.91 bits per heavy atom. The van der Waals surface area contributed by atoms with E-state index in [4.69, 9.17) is 10.5 Å². The Labute approximate surface area is 201 Å². The number of benzene rings is 1. The van der Waals surface area contributed by atoms with Gasteiger partial charge in [-0.3, -0.25) is 4.98 Å². The molecule has 33 heavy (non-hydrogen) atoms. The van der Waals surface area contributed by atoms with Crippen LogP contribution in [0.5, 0.6) is 5.75 Å². The summed E-state index contributed by atoms with van der Waals surface area (Å²) in [5.74, 6) is 8.43. The maximum Gasteiger partial charge on any atom is 0.121 e. The number of hydrogen-bond acceptors (Lipinski definition) is 3. The van der Waals surface area contributed by atoms with E-state index in [1.54, 1.807) is 6.20 Å². The van der Waals surface area contributed by atoms with Gasteiger partial charge in [-0.2, -0.15) is 0 Å². The standard InChI is InChI=1S/C25H29N3O.C3H9P/c1-4-5-6-7-22-21-12-11-20(29-17(2)3)14-24(21)28(16-18-8-9-18)25(22)23-13-10-19(26)15-27-23;1-3(2)4/h10-15,17-18H,4-5,8-9,16,26H2,1-3H3;3H,4H2,1-2H3. The Bertz CT molecular complexity index is 1110. The van der Waals surface area contributed by atoms with Gasteiger partial charge < -0.3 is 15.0 Å². The fourth-order valence-electron chi connectivity index (χ4n) is 3.64. The summed E-state index contributed by atoms with van der Waals surface area (Å²) in [6.07, 6.45) is 6.38. The highest BCUT2D eigenvalue weighted by molar-refractivity contribution is 7.17. The minimum absolute atomic E-state index is 0.140. The zero-order valence-electron chi connectivity index (χ0n) is 20.7. The molecule has 176 valence electrons. The number of nitrogens with zero attached hydrogens (tertiary/aromatic N) is 2. The lowest BCUT2D eigenvalue weighted by Crippen LogP contribution is -2.06. The van der Waals surface area contributed by atoms with Gasteiger partial charge in [-0.05, 0) is 69.0 Å². The molecule has 2 heterocycles. The second-order valence-electron chi connectivity index (χ2n) is 9.40. The van der Waals surface area contributed by atoms with Crippen LogP contribution in [0, 0.1) is 17.8 Å². The third-order valence-electron chi connectivity index (χ3n) is 5.16. The van der Waals surface area contributed by atoms with Gasteiger partial charge in [0.15, 0.2) is 0 Å². The van der Waals surface area contributed by atoms with E-state index in [2.05, 4.69) is 83.4 Å². The molecule has 5 heteroatoms. The van der Waals surface area contributed by atoms with E-state index < -0.39 is 0 Å². The third-order valence-corrected chi connectivity index (χ3v) is 5.16. The fraction of sp³-hybridized carbons (Fsp3) is 0.464. The molecule has 4 nitrogen and oxygen atoms in total. The van der Waals surface area contributed by atoms with E-state index >= 15 is 0 Å². The molecule has 0 amide bonds. The van der Waals surface area contributed by atoms with Gasteiger partial charge >= 0.3 is 0 Å². The lowest BCUT2D eigenvalue weighted by atomic mass is 10.1. The van der Waals surface area contributed by atoms with Crippen molar-refractivity contribution in [2.45, 2.75) is 78.6 Å². The Morgan fingerprint density at radius 3 is 2.48 bits per heavy atom. The van der Waals surface area contributed by atoms with Crippen LogP contribution >= 0.6 is 9.24 Å². The highest BCUT2D eigenvalue weighted by Gasteiger charge is 2.26. The van der Waals surface area contributed by atoms with Crippen molar-refractivity contribution in [3.63, 3.8) is 0 Å². The smallest absolute Gasteiger partial charge is 0.121 e. The topological polar surface area (TPSA) is 53.1 Å². The number of nitrogen functional groups attached to an aromatic ring is 1. The number of hydrogen-bond donors (Lipinski definition) is 1. The second kappa shape index (κ2) is 11.6. The highest BCUT2D eigenvalue weighted by Crippen LogP contribution is 2.39. The Morgan fingerprint density at radius 1 is 1.18 bits per heavy atom. The molecule has 1 unspecified atom stereocenters. The molecular weight excluding hydrogens is 425 g/mol. The maximum absolute atomic E-state index is 5.99. The maximum atomic E-state index is 5.99. The first-order chi connectivity index (χ1) is 15.8. The number of aromatic nitrogens is 2. The summed E-state index contributed by atoms with van der Waals surface area (Å²) in [6, 6.07) is 10.3. The Hall–Kier alpha value is -2.50. The molecule has 2 aromatic heterocycles. The second-order valence-corrected chi connectivity index (χ2v) is 10.7. The molecule has 1 aliphatic carbocycles. The molecule has 1 aromatic carbocycles. The Kier molecular flexibility index (Phi) is 8.81. The van der Waals surface area contributed by atoms with E-state index in [1.807, 2.05) is 12.1 Å². The van der Waals surface area contributed by atoms with Crippen molar-refractivity contribution in [2.24, 2.45) is 5.92 Å². The van der Waals surface area contributed by atoms with Gasteiger partial charge in [0.25, 0.3) is 0 Å². The molecule has 1 fully saturated rings. The zero-order valence-corrected chi connectivity index (χ0v) is 21.8. The lowest BCUT2D eigenvalue weighted by molar-refractivity contribution is 0.242. The molecule has 1 saturated carbocycles. The summed E-state index contributed by atoms with van der Waals surface area (Å²) < 4.78 is 8.38. The molecule has 2 N–H and O–H groups in total. The van der Waals surface area contributed by atoms with Crippen LogP contribution in [0.15, 0.2) is 36.5 Å². The first-order valence-corrected chi connectivity index (χ1v) is 12.8. The minimum atomic E-state index is 0.140. The van der Waals surface area contributed by atoms with Crippen molar-refractivity contribution in [1.82, 2.24) is 9.55 Å². The molecule has 1 atom stereocenters. The van der Waals surface area contributed by atoms with Crippen molar-refractivity contribution >= 4 is 25.8 Å². The summed E-state index contributed by atoms with van der Waals surface area (Å²) >= 11 is 0. The molecule has 3 aromatic rings. The number of nitrogens with two attached hydrogens (primary N) is 1.